The molecule has 1 rings (SSSR count). The molecule has 0 radical (unpaired) electrons. The Morgan fingerprint density at radius 2 is 2.11 bits per heavy atom. The van der Waals surface area contributed by atoms with Crippen molar-refractivity contribution < 1.29 is 27.2 Å². The lowest BCUT2D eigenvalue weighted by Gasteiger charge is -2.16. The van der Waals surface area contributed by atoms with Crippen LogP contribution in [0, 0.1) is 10.1 Å². The number of nitrogens with zero attached hydrogens (tertiary/aromatic N) is 1. The molecule has 0 aliphatic carbocycles. The van der Waals surface area contributed by atoms with Crippen molar-refractivity contribution in [2.75, 3.05) is 19.0 Å². The van der Waals surface area contributed by atoms with Crippen LogP contribution in [0.1, 0.15) is 0 Å². The summed E-state index contributed by atoms with van der Waals surface area (Å²) in [5.41, 5.74) is -0.557. The lowest BCUT2D eigenvalue weighted by atomic mass is 10.2. The van der Waals surface area contributed by atoms with Gasteiger partial charge in [0.2, 0.25) is 0 Å². The number of nitro groups is 1. The van der Waals surface area contributed by atoms with Crippen molar-refractivity contribution in [2.45, 2.75) is 12.3 Å². The van der Waals surface area contributed by atoms with Gasteiger partial charge in [0.05, 0.1) is 4.92 Å². The number of alkyl halides is 4. The minimum absolute atomic E-state index is 0.0304. The summed E-state index contributed by atoms with van der Waals surface area (Å²) in [5.74, 6) is -4.87. The van der Waals surface area contributed by atoms with Crippen molar-refractivity contribution in [1.29, 1.82) is 0 Å². The summed E-state index contributed by atoms with van der Waals surface area (Å²) in [6.07, 6.45) is -3.90. The number of para-hydroxylation sites is 1. The first-order valence-electron chi connectivity index (χ1n) is 5.03. The fraction of sp³-hybridized carbons (Fsp3) is 0.400. The van der Waals surface area contributed by atoms with Gasteiger partial charge < -0.3 is 10.1 Å². The second-order valence-corrected chi connectivity index (χ2v) is 3.51. The zero-order valence-corrected chi connectivity index (χ0v) is 9.70. The number of nitrogens with one attached hydrogen (secondary N) is 1. The van der Waals surface area contributed by atoms with Crippen LogP contribution in [0.4, 0.5) is 28.9 Å². The minimum Gasteiger partial charge on any atom is -0.480 e. The van der Waals surface area contributed by atoms with Crippen LogP contribution in [-0.4, -0.2) is 30.9 Å². The Morgan fingerprint density at radius 1 is 1.47 bits per heavy atom. The first kappa shape index (κ1) is 15.0. The molecule has 0 saturated heterocycles. The molecule has 0 amide bonds. The van der Waals surface area contributed by atoms with E-state index in [1.54, 1.807) is 0 Å². The van der Waals surface area contributed by atoms with Gasteiger partial charge in [-0.3, -0.25) is 10.1 Å². The van der Waals surface area contributed by atoms with Gasteiger partial charge in [0.1, 0.15) is 5.69 Å². The Balaban J connectivity index is 2.99. The lowest BCUT2D eigenvalue weighted by molar-refractivity contribution is -0.385. The second-order valence-electron chi connectivity index (χ2n) is 3.51. The highest BCUT2D eigenvalue weighted by Gasteiger charge is 2.42. The van der Waals surface area contributed by atoms with Crippen molar-refractivity contribution >= 4 is 11.4 Å². The Hall–Kier alpha value is -2.06. The average Bonchev–Trinajstić information content (AvgIpc) is 2.35. The molecule has 0 aromatic heterocycles. The van der Waals surface area contributed by atoms with Crippen LogP contribution in [0.5, 0.6) is 5.75 Å². The highest BCUT2D eigenvalue weighted by atomic mass is 19.3. The molecule has 106 valence electrons. The van der Waals surface area contributed by atoms with Gasteiger partial charge in [0.15, 0.2) is 12.4 Å². The van der Waals surface area contributed by atoms with Crippen molar-refractivity contribution in [3.8, 4) is 5.75 Å². The fourth-order valence-corrected chi connectivity index (χ4v) is 1.27. The highest BCUT2D eigenvalue weighted by Crippen LogP contribution is 2.35. The predicted molar refractivity (Wildman–Crippen MR) is 59.1 cm³/mol. The highest BCUT2D eigenvalue weighted by molar-refractivity contribution is 5.68. The van der Waals surface area contributed by atoms with E-state index in [9.17, 15) is 27.7 Å². The number of benzene rings is 1. The van der Waals surface area contributed by atoms with E-state index in [2.05, 4.69) is 10.1 Å². The fourth-order valence-electron chi connectivity index (χ4n) is 1.27. The van der Waals surface area contributed by atoms with Crippen molar-refractivity contribution in [2.24, 2.45) is 0 Å². The molecule has 1 aromatic carbocycles. The van der Waals surface area contributed by atoms with Crippen LogP contribution in [0.3, 0.4) is 0 Å². The minimum atomic E-state index is -4.37. The third-order valence-corrected chi connectivity index (χ3v) is 2.19. The molecular weight excluding hydrogens is 272 g/mol. The molecule has 9 heteroatoms. The van der Waals surface area contributed by atoms with E-state index >= 15 is 0 Å². The average molecular weight is 282 g/mol. The summed E-state index contributed by atoms with van der Waals surface area (Å²) in [5, 5.41) is 13.3. The molecule has 0 atom stereocenters. The second kappa shape index (κ2) is 5.72. The van der Waals surface area contributed by atoms with E-state index < -0.39 is 35.3 Å². The monoisotopic (exact) mass is 282 g/mol. The molecule has 1 N–H and O–H groups in total. The molecular formula is C10H10F4N2O3. The maximum Gasteiger partial charge on any atom is 0.340 e. The lowest BCUT2D eigenvalue weighted by Crippen LogP contribution is -2.33. The first-order valence-corrected chi connectivity index (χ1v) is 5.03. The van der Waals surface area contributed by atoms with Gasteiger partial charge >= 0.3 is 18.0 Å². The largest absolute Gasteiger partial charge is 0.480 e. The number of halogens is 4. The van der Waals surface area contributed by atoms with Crippen LogP contribution in [0.25, 0.3) is 0 Å². The smallest absolute Gasteiger partial charge is 0.340 e. The van der Waals surface area contributed by atoms with Gasteiger partial charge in [0.25, 0.3) is 0 Å². The number of rotatable bonds is 6. The van der Waals surface area contributed by atoms with Gasteiger partial charge in [0, 0.05) is 7.05 Å². The Bertz CT molecular complexity index is 468. The maximum absolute atomic E-state index is 12.7. The molecule has 0 unspecified atom stereocenters. The summed E-state index contributed by atoms with van der Waals surface area (Å²) in [6, 6.07) is 3.70. The van der Waals surface area contributed by atoms with E-state index in [1.165, 1.54) is 19.2 Å². The Kier molecular flexibility index (Phi) is 4.52. The Morgan fingerprint density at radius 3 is 2.58 bits per heavy atom. The van der Waals surface area contributed by atoms with Crippen LogP contribution in [0.2, 0.25) is 0 Å². The summed E-state index contributed by atoms with van der Waals surface area (Å²) in [4.78, 5) is 9.96. The maximum atomic E-state index is 12.7. The van der Waals surface area contributed by atoms with E-state index in [1.807, 2.05) is 0 Å². The number of nitro benzene ring substituents is 1. The third kappa shape index (κ3) is 3.46. The van der Waals surface area contributed by atoms with Crippen molar-refractivity contribution in [1.82, 2.24) is 0 Å². The van der Waals surface area contributed by atoms with E-state index in [0.29, 0.717) is 0 Å². The zero-order chi connectivity index (χ0) is 14.6. The topological polar surface area (TPSA) is 64.4 Å². The van der Waals surface area contributed by atoms with E-state index in [0.717, 1.165) is 6.07 Å². The van der Waals surface area contributed by atoms with Gasteiger partial charge in [-0.25, -0.2) is 8.78 Å². The summed E-state index contributed by atoms with van der Waals surface area (Å²) in [7, 11) is 1.39. The Labute approximate surface area is 105 Å². The van der Waals surface area contributed by atoms with Gasteiger partial charge in [-0.1, -0.05) is 6.07 Å². The molecule has 0 saturated carbocycles. The summed E-state index contributed by atoms with van der Waals surface area (Å²) >= 11 is 0. The summed E-state index contributed by atoms with van der Waals surface area (Å²) in [6.45, 7) is -1.64. The number of ether oxygens (including phenoxy) is 1. The molecule has 0 heterocycles. The van der Waals surface area contributed by atoms with Crippen molar-refractivity contribution in [3.63, 3.8) is 0 Å². The predicted octanol–water partition coefficient (Wildman–Crippen LogP) is 2.92. The number of anilines is 1. The molecule has 1 aromatic rings. The standard InChI is InChI=1S/C10H10F4N2O3/c1-15-6-3-2-4-7(8(6)16(17)18)19-5-10(13,14)9(11)12/h2-4,9,15H,5H2,1H3. The van der Waals surface area contributed by atoms with Crippen molar-refractivity contribution in [3.05, 3.63) is 28.3 Å². The van der Waals surface area contributed by atoms with Gasteiger partial charge in [-0.05, 0) is 12.1 Å². The number of hydrogen-bond donors (Lipinski definition) is 1. The molecule has 0 fully saturated rings. The molecule has 0 bridgehead atoms. The molecule has 5 nitrogen and oxygen atoms in total. The SMILES string of the molecule is CNc1cccc(OCC(F)(F)C(F)F)c1[N+](=O)[O-]. The first-order chi connectivity index (χ1) is 8.79. The normalized spacial score (nSPS) is 11.5. The number of hydrogen-bond acceptors (Lipinski definition) is 4. The zero-order valence-electron chi connectivity index (χ0n) is 9.70. The molecule has 19 heavy (non-hydrogen) atoms. The molecule has 0 aliphatic heterocycles. The third-order valence-electron chi connectivity index (χ3n) is 2.19. The van der Waals surface area contributed by atoms with Gasteiger partial charge in [-0.15, -0.1) is 0 Å². The van der Waals surface area contributed by atoms with Crippen LogP contribution >= 0.6 is 0 Å². The van der Waals surface area contributed by atoms with Crippen LogP contribution < -0.4 is 10.1 Å². The molecule has 0 spiro atoms. The summed E-state index contributed by atoms with van der Waals surface area (Å²) < 4.78 is 53.7. The van der Waals surface area contributed by atoms with Crippen LogP contribution in [0.15, 0.2) is 18.2 Å². The van der Waals surface area contributed by atoms with Crippen LogP contribution in [-0.2, 0) is 0 Å². The van der Waals surface area contributed by atoms with Gasteiger partial charge in [-0.2, -0.15) is 8.78 Å². The quantitative estimate of drug-likeness (QED) is 0.495. The van der Waals surface area contributed by atoms with E-state index in [4.69, 9.17) is 0 Å². The molecule has 0 aliphatic rings. The van der Waals surface area contributed by atoms with E-state index in [-0.39, 0.29) is 5.69 Å².